The first-order chi connectivity index (χ1) is 9.24. The maximum Gasteiger partial charge on any atom is 0.157 e. The van der Waals surface area contributed by atoms with Crippen molar-refractivity contribution in [2.75, 3.05) is 6.54 Å². The van der Waals surface area contributed by atoms with Gasteiger partial charge in [0, 0.05) is 6.04 Å². The molecule has 0 saturated heterocycles. The first-order valence-corrected chi connectivity index (χ1v) is 8.15. The first kappa shape index (κ1) is 14.4. The molecule has 2 nitrogen and oxygen atoms in total. The molecule has 2 unspecified atom stereocenters. The molecular weight excluding hydrogens is 252 g/mol. The Labute approximate surface area is 121 Å². The average molecular weight is 276 g/mol. The van der Waals surface area contributed by atoms with Gasteiger partial charge in [-0.1, -0.05) is 68.8 Å². The molecule has 1 aromatic carbocycles. The summed E-state index contributed by atoms with van der Waals surface area (Å²) in [5.41, 5.74) is 1.38. The van der Waals surface area contributed by atoms with E-state index in [1.54, 1.807) is 0 Å². The molecule has 3 heteroatoms. The van der Waals surface area contributed by atoms with Crippen molar-refractivity contribution in [2.24, 2.45) is 10.9 Å². The molecule has 2 rings (SSSR count). The summed E-state index contributed by atoms with van der Waals surface area (Å²) in [4.78, 5) is 4.65. The number of hydrogen-bond acceptors (Lipinski definition) is 3. The van der Waals surface area contributed by atoms with Crippen molar-refractivity contribution >= 4 is 16.9 Å². The zero-order valence-corrected chi connectivity index (χ0v) is 12.9. The van der Waals surface area contributed by atoms with Crippen molar-refractivity contribution in [3.63, 3.8) is 0 Å². The largest absolute Gasteiger partial charge is 0.362 e. The van der Waals surface area contributed by atoms with Gasteiger partial charge in [0.15, 0.2) is 5.17 Å². The second kappa shape index (κ2) is 6.99. The molecule has 0 radical (unpaired) electrons. The van der Waals surface area contributed by atoms with Crippen LogP contribution in [0.15, 0.2) is 35.3 Å². The highest BCUT2D eigenvalue weighted by Gasteiger charge is 2.23. The van der Waals surface area contributed by atoms with E-state index < -0.39 is 0 Å². The predicted octanol–water partition coefficient (Wildman–Crippen LogP) is 4.24. The Balaban J connectivity index is 1.88. The molecular formula is C16H24N2S. The minimum absolute atomic E-state index is 0.484. The van der Waals surface area contributed by atoms with Crippen LogP contribution in [0.4, 0.5) is 0 Å². The molecule has 0 fully saturated rings. The van der Waals surface area contributed by atoms with Crippen LogP contribution in [-0.4, -0.2) is 17.8 Å². The molecule has 1 aromatic rings. The molecule has 0 spiro atoms. The Kier molecular flexibility index (Phi) is 5.32. The van der Waals surface area contributed by atoms with Crippen molar-refractivity contribution in [1.82, 2.24) is 5.32 Å². The van der Waals surface area contributed by atoms with Crippen LogP contribution in [0, 0.1) is 5.92 Å². The third-order valence-corrected chi connectivity index (χ3v) is 5.11. The van der Waals surface area contributed by atoms with Crippen molar-refractivity contribution in [3.8, 4) is 0 Å². The third kappa shape index (κ3) is 3.75. The van der Waals surface area contributed by atoms with Crippen LogP contribution in [0.1, 0.15) is 44.4 Å². The lowest BCUT2D eigenvalue weighted by Crippen LogP contribution is -2.35. The summed E-state index contributed by atoms with van der Waals surface area (Å²) >= 11 is 1.87. The molecule has 1 heterocycles. The second-order valence-corrected chi connectivity index (χ2v) is 6.36. The quantitative estimate of drug-likeness (QED) is 0.869. The Morgan fingerprint density at radius 2 is 1.95 bits per heavy atom. The van der Waals surface area contributed by atoms with Crippen LogP contribution in [0.2, 0.25) is 0 Å². The zero-order chi connectivity index (χ0) is 13.7. The summed E-state index contributed by atoms with van der Waals surface area (Å²) in [6.45, 7) is 7.70. The summed E-state index contributed by atoms with van der Waals surface area (Å²) in [7, 11) is 0. The fourth-order valence-electron chi connectivity index (χ4n) is 2.60. The maximum atomic E-state index is 4.65. The predicted molar refractivity (Wildman–Crippen MR) is 85.7 cm³/mol. The average Bonchev–Trinajstić information content (AvgIpc) is 2.89. The molecule has 0 amide bonds. The zero-order valence-electron chi connectivity index (χ0n) is 12.1. The molecule has 0 aliphatic carbocycles. The Hall–Kier alpha value is -0.960. The molecule has 104 valence electrons. The van der Waals surface area contributed by atoms with Gasteiger partial charge in [0.25, 0.3) is 0 Å². The lowest BCUT2D eigenvalue weighted by Gasteiger charge is -2.23. The fraction of sp³-hybridized carbons (Fsp3) is 0.562. The van der Waals surface area contributed by atoms with Crippen molar-refractivity contribution < 1.29 is 0 Å². The summed E-state index contributed by atoms with van der Waals surface area (Å²) < 4.78 is 0. The monoisotopic (exact) mass is 276 g/mol. The topological polar surface area (TPSA) is 24.4 Å². The van der Waals surface area contributed by atoms with Gasteiger partial charge in [0.05, 0.1) is 11.8 Å². The number of thioether (sulfide) groups is 1. The van der Waals surface area contributed by atoms with Crippen molar-refractivity contribution in [2.45, 2.75) is 44.9 Å². The highest BCUT2D eigenvalue weighted by Crippen LogP contribution is 2.34. The smallest absolute Gasteiger partial charge is 0.157 e. The highest BCUT2D eigenvalue weighted by atomic mass is 32.2. The fourth-order valence-corrected chi connectivity index (χ4v) is 3.72. The molecule has 19 heavy (non-hydrogen) atoms. The van der Waals surface area contributed by atoms with Gasteiger partial charge in [-0.15, -0.1) is 0 Å². The minimum atomic E-state index is 0.484. The molecule has 1 N–H and O–H groups in total. The van der Waals surface area contributed by atoms with E-state index in [-0.39, 0.29) is 0 Å². The van der Waals surface area contributed by atoms with Crippen LogP contribution in [0.5, 0.6) is 0 Å². The number of benzene rings is 1. The van der Waals surface area contributed by atoms with E-state index in [9.17, 15) is 0 Å². The normalized spacial score (nSPS) is 20.4. The molecule has 1 aliphatic heterocycles. The summed E-state index contributed by atoms with van der Waals surface area (Å²) in [6, 6.07) is 11.2. The summed E-state index contributed by atoms with van der Waals surface area (Å²) in [6.07, 6.45) is 2.45. The van der Waals surface area contributed by atoms with E-state index in [2.05, 4.69) is 61.4 Å². The van der Waals surface area contributed by atoms with E-state index in [0.717, 1.165) is 17.6 Å². The van der Waals surface area contributed by atoms with Crippen molar-refractivity contribution in [3.05, 3.63) is 35.9 Å². The van der Waals surface area contributed by atoms with Crippen LogP contribution in [-0.2, 0) is 0 Å². The van der Waals surface area contributed by atoms with E-state index in [1.807, 2.05) is 11.8 Å². The number of hydrogen-bond donors (Lipinski definition) is 1. The van der Waals surface area contributed by atoms with Gasteiger partial charge < -0.3 is 5.32 Å². The Morgan fingerprint density at radius 3 is 2.58 bits per heavy atom. The van der Waals surface area contributed by atoms with Crippen LogP contribution in [0.3, 0.4) is 0 Å². The molecule has 0 aromatic heterocycles. The van der Waals surface area contributed by atoms with Gasteiger partial charge in [-0.25, -0.2) is 0 Å². The molecule has 2 atom stereocenters. The van der Waals surface area contributed by atoms with Gasteiger partial charge in [-0.2, -0.15) is 0 Å². The van der Waals surface area contributed by atoms with Crippen molar-refractivity contribution in [1.29, 1.82) is 0 Å². The molecule has 1 aliphatic rings. The maximum absolute atomic E-state index is 4.65. The summed E-state index contributed by atoms with van der Waals surface area (Å²) in [5.74, 6) is 0.735. The van der Waals surface area contributed by atoms with Gasteiger partial charge in [0.2, 0.25) is 0 Å². The lowest BCUT2D eigenvalue weighted by atomic mass is 9.96. The number of amidine groups is 1. The number of aliphatic imine (C=N–C) groups is 1. The Morgan fingerprint density at radius 1 is 1.26 bits per heavy atom. The number of nitrogens with one attached hydrogen (secondary N) is 1. The van der Waals surface area contributed by atoms with E-state index in [0.29, 0.717) is 11.3 Å². The second-order valence-electron chi connectivity index (χ2n) is 5.17. The minimum Gasteiger partial charge on any atom is -0.362 e. The van der Waals surface area contributed by atoms with Gasteiger partial charge >= 0.3 is 0 Å². The third-order valence-electron chi connectivity index (χ3n) is 3.93. The van der Waals surface area contributed by atoms with E-state index >= 15 is 0 Å². The lowest BCUT2D eigenvalue weighted by molar-refractivity contribution is 0.392. The van der Waals surface area contributed by atoms with E-state index in [1.165, 1.54) is 18.4 Å². The van der Waals surface area contributed by atoms with Gasteiger partial charge in [-0.3, -0.25) is 4.99 Å². The van der Waals surface area contributed by atoms with Crippen LogP contribution in [0.25, 0.3) is 0 Å². The Bertz CT molecular complexity index is 412. The number of rotatable bonds is 5. The number of nitrogens with zero attached hydrogens (tertiary/aromatic N) is 1. The van der Waals surface area contributed by atoms with Gasteiger partial charge in [-0.05, 0) is 18.4 Å². The van der Waals surface area contributed by atoms with E-state index in [4.69, 9.17) is 0 Å². The highest BCUT2D eigenvalue weighted by molar-refractivity contribution is 8.14. The first-order valence-electron chi connectivity index (χ1n) is 7.27. The van der Waals surface area contributed by atoms with Gasteiger partial charge in [0.1, 0.15) is 0 Å². The SMILES string of the molecule is CCC(CC)C(C)NC1=NCC(c2ccccc2)S1. The summed E-state index contributed by atoms with van der Waals surface area (Å²) in [5, 5.41) is 5.20. The van der Waals surface area contributed by atoms with Crippen LogP contribution < -0.4 is 5.32 Å². The standard InChI is InChI=1S/C16H24N2S/c1-4-13(5-2)12(3)18-16-17-11-15(19-16)14-9-7-6-8-10-14/h6-10,12-13,15H,4-5,11H2,1-3H3,(H,17,18). The molecule has 0 saturated carbocycles. The molecule has 0 bridgehead atoms. The van der Waals surface area contributed by atoms with Crippen LogP contribution >= 0.6 is 11.8 Å².